The summed E-state index contributed by atoms with van der Waals surface area (Å²) in [6.45, 7) is 1.77. The molecule has 0 bridgehead atoms. The lowest BCUT2D eigenvalue weighted by Crippen LogP contribution is -2.11. The molecule has 6 nitrogen and oxygen atoms in total. The number of aryl methyl sites for hydroxylation is 1. The zero-order chi connectivity index (χ0) is 11.9. The summed E-state index contributed by atoms with van der Waals surface area (Å²) in [7, 11) is 0. The highest BCUT2D eigenvalue weighted by atomic mass is 32.1. The van der Waals surface area contributed by atoms with Crippen LogP contribution in [0.15, 0.2) is 4.79 Å². The highest BCUT2D eigenvalue weighted by Crippen LogP contribution is 2.31. The maximum atomic E-state index is 11.1. The quantitative estimate of drug-likeness (QED) is 0.707. The summed E-state index contributed by atoms with van der Waals surface area (Å²) >= 11 is 1.22. The Morgan fingerprint density at radius 2 is 2.31 bits per heavy atom. The van der Waals surface area contributed by atoms with Crippen molar-refractivity contribution < 1.29 is 9.90 Å². The van der Waals surface area contributed by atoms with Crippen LogP contribution in [0.3, 0.4) is 0 Å². The van der Waals surface area contributed by atoms with Gasteiger partial charge in [-0.25, -0.2) is 4.79 Å². The topological polar surface area (TPSA) is 109 Å². The molecule has 2 aromatic rings. The van der Waals surface area contributed by atoms with Gasteiger partial charge in [-0.15, -0.1) is 11.3 Å². The molecule has 16 heavy (non-hydrogen) atoms. The predicted octanol–water partition coefficient (Wildman–Crippen LogP) is 0.502. The average Bonchev–Trinajstić information content (AvgIpc) is 2.41. The second-order valence-electron chi connectivity index (χ2n) is 3.35. The number of anilines is 1. The molecular formula is C9H9N3O3S. The zero-order valence-corrected chi connectivity index (χ0v) is 9.22. The molecular weight excluding hydrogens is 230 g/mol. The lowest BCUT2D eigenvalue weighted by molar-refractivity contribution is -0.136. The molecule has 84 valence electrons. The van der Waals surface area contributed by atoms with Crippen molar-refractivity contribution in [1.29, 1.82) is 0 Å². The van der Waals surface area contributed by atoms with Gasteiger partial charge >= 0.3 is 11.7 Å². The van der Waals surface area contributed by atoms with Crippen molar-refractivity contribution in [3.8, 4) is 0 Å². The van der Waals surface area contributed by atoms with Gasteiger partial charge in [0.2, 0.25) is 0 Å². The second-order valence-corrected chi connectivity index (χ2v) is 4.46. The number of carboxylic acids is 1. The molecule has 0 aliphatic rings. The molecule has 0 aromatic carbocycles. The third-order valence-corrected chi connectivity index (χ3v) is 3.46. The van der Waals surface area contributed by atoms with E-state index < -0.39 is 11.7 Å². The molecule has 0 amide bonds. The number of H-pyrrole nitrogens is 1. The van der Waals surface area contributed by atoms with Crippen LogP contribution in [-0.4, -0.2) is 21.0 Å². The van der Waals surface area contributed by atoms with Gasteiger partial charge in [0.15, 0.2) is 0 Å². The first-order valence-electron chi connectivity index (χ1n) is 4.48. The first-order chi connectivity index (χ1) is 7.49. The number of nitrogens with one attached hydrogen (secondary N) is 1. The Morgan fingerprint density at radius 1 is 1.62 bits per heavy atom. The van der Waals surface area contributed by atoms with Gasteiger partial charge < -0.3 is 10.8 Å². The Kier molecular flexibility index (Phi) is 2.39. The van der Waals surface area contributed by atoms with E-state index in [2.05, 4.69) is 9.97 Å². The maximum absolute atomic E-state index is 11.1. The van der Waals surface area contributed by atoms with E-state index in [1.165, 1.54) is 11.3 Å². The molecule has 0 radical (unpaired) electrons. The van der Waals surface area contributed by atoms with E-state index in [1.807, 2.05) is 0 Å². The van der Waals surface area contributed by atoms with E-state index in [1.54, 1.807) is 6.92 Å². The van der Waals surface area contributed by atoms with Gasteiger partial charge in [-0.2, -0.15) is 4.98 Å². The molecule has 2 aromatic heterocycles. The van der Waals surface area contributed by atoms with Gasteiger partial charge in [-0.05, 0) is 12.5 Å². The standard InChI is InChI=1S/C9H9N3O3S/c1-3-4(2-5(13)14)16-8-6(3)7(10)11-9(15)12-8/h2H2,1H3,(H,13,14)(H3,10,11,12,15). The largest absolute Gasteiger partial charge is 0.481 e. The van der Waals surface area contributed by atoms with Crippen LogP contribution in [0.1, 0.15) is 10.4 Å². The fraction of sp³-hybridized carbons (Fsp3) is 0.222. The van der Waals surface area contributed by atoms with Crippen LogP contribution >= 0.6 is 11.3 Å². The minimum absolute atomic E-state index is 0.0767. The van der Waals surface area contributed by atoms with E-state index in [0.717, 1.165) is 5.56 Å². The van der Waals surface area contributed by atoms with E-state index in [-0.39, 0.29) is 12.2 Å². The number of rotatable bonds is 2. The molecule has 0 saturated carbocycles. The summed E-state index contributed by atoms with van der Waals surface area (Å²) < 4.78 is 0. The summed E-state index contributed by atoms with van der Waals surface area (Å²) in [5.74, 6) is -0.771. The molecule has 7 heteroatoms. The first kappa shape index (κ1) is 10.6. The lowest BCUT2D eigenvalue weighted by atomic mass is 10.2. The third kappa shape index (κ3) is 1.65. The van der Waals surface area contributed by atoms with Gasteiger partial charge in [0.05, 0.1) is 11.8 Å². The van der Waals surface area contributed by atoms with Crippen LogP contribution in [0, 0.1) is 6.92 Å². The molecule has 0 unspecified atom stereocenters. The Morgan fingerprint density at radius 3 is 2.94 bits per heavy atom. The fourth-order valence-electron chi connectivity index (χ4n) is 1.55. The molecule has 2 heterocycles. The summed E-state index contributed by atoms with van der Waals surface area (Å²) in [6, 6.07) is 0. The minimum Gasteiger partial charge on any atom is -0.481 e. The van der Waals surface area contributed by atoms with Crippen molar-refractivity contribution in [3.05, 3.63) is 20.9 Å². The van der Waals surface area contributed by atoms with Crippen molar-refractivity contribution in [2.45, 2.75) is 13.3 Å². The van der Waals surface area contributed by atoms with Crippen LogP contribution in [0.5, 0.6) is 0 Å². The number of aliphatic carboxylic acids is 1. The highest BCUT2D eigenvalue weighted by molar-refractivity contribution is 7.19. The first-order valence-corrected chi connectivity index (χ1v) is 5.30. The van der Waals surface area contributed by atoms with Crippen molar-refractivity contribution in [2.75, 3.05) is 5.73 Å². The predicted molar refractivity (Wildman–Crippen MR) is 60.7 cm³/mol. The van der Waals surface area contributed by atoms with Crippen molar-refractivity contribution >= 4 is 33.3 Å². The normalized spacial score (nSPS) is 10.8. The number of nitrogen functional groups attached to an aromatic ring is 1. The number of thiophene rings is 1. The van der Waals surface area contributed by atoms with Crippen LogP contribution < -0.4 is 11.4 Å². The van der Waals surface area contributed by atoms with Gasteiger partial charge in [-0.3, -0.25) is 9.78 Å². The van der Waals surface area contributed by atoms with Crippen LogP contribution in [-0.2, 0) is 11.2 Å². The molecule has 0 atom stereocenters. The number of nitrogens with zero attached hydrogens (tertiary/aromatic N) is 1. The number of aromatic nitrogens is 2. The second kappa shape index (κ2) is 3.60. The third-order valence-electron chi connectivity index (χ3n) is 2.26. The Labute approximate surface area is 93.7 Å². The summed E-state index contributed by atoms with van der Waals surface area (Å²) in [5, 5.41) is 9.37. The Balaban J connectivity index is 2.72. The van der Waals surface area contributed by atoms with E-state index in [0.29, 0.717) is 15.1 Å². The van der Waals surface area contributed by atoms with E-state index in [9.17, 15) is 9.59 Å². The molecule has 4 N–H and O–H groups in total. The van der Waals surface area contributed by atoms with Crippen LogP contribution in [0.2, 0.25) is 0 Å². The Bertz CT molecular complexity index is 629. The van der Waals surface area contributed by atoms with Gasteiger partial charge in [-0.1, -0.05) is 0 Å². The number of nitrogens with two attached hydrogens (primary N) is 1. The average molecular weight is 239 g/mol. The maximum Gasteiger partial charge on any atom is 0.347 e. The summed E-state index contributed by atoms with van der Waals surface area (Å²) in [4.78, 5) is 29.1. The minimum atomic E-state index is -0.913. The number of carboxylic acid groups (broad SMARTS) is 1. The Hall–Kier alpha value is -1.89. The van der Waals surface area contributed by atoms with Gasteiger partial charge in [0.1, 0.15) is 10.6 Å². The van der Waals surface area contributed by atoms with Crippen LogP contribution in [0.4, 0.5) is 5.82 Å². The van der Waals surface area contributed by atoms with Gasteiger partial charge in [0, 0.05) is 4.88 Å². The SMILES string of the molecule is Cc1c(CC(=O)O)sc2[nH]c(=O)nc(N)c12. The summed E-state index contributed by atoms with van der Waals surface area (Å²) in [5.41, 5.74) is 5.88. The van der Waals surface area contributed by atoms with Crippen molar-refractivity contribution in [3.63, 3.8) is 0 Å². The monoisotopic (exact) mass is 239 g/mol. The van der Waals surface area contributed by atoms with E-state index in [4.69, 9.17) is 10.8 Å². The smallest absolute Gasteiger partial charge is 0.347 e. The van der Waals surface area contributed by atoms with Crippen LogP contribution in [0.25, 0.3) is 10.2 Å². The number of carbonyl (C=O) groups is 1. The number of hydrogen-bond acceptors (Lipinski definition) is 5. The molecule has 0 saturated heterocycles. The van der Waals surface area contributed by atoms with Crippen molar-refractivity contribution in [1.82, 2.24) is 9.97 Å². The number of aromatic amines is 1. The van der Waals surface area contributed by atoms with Crippen molar-refractivity contribution in [2.24, 2.45) is 0 Å². The lowest BCUT2D eigenvalue weighted by Gasteiger charge is -1.96. The molecule has 0 aliphatic heterocycles. The summed E-state index contributed by atoms with van der Waals surface area (Å²) in [6.07, 6.45) is -0.0767. The van der Waals surface area contributed by atoms with Gasteiger partial charge in [0.25, 0.3) is 0 Å². The number of hydrogen-bond donors (Lipinski definition) is 3. The zero-order valence-electron chi connectivity index (χ0n) is 8.40. The number of fused-ring (bicyclic) bond motifs is 1. The molecule has 0 fully saturated rings. The highest BCUT2D eigenvalue weighted by Gasteiger charge is 2.14. The fourth-order valence-corrected chi connectivity index (χ4v) is 2.75. The molecule has 0 spiro atoms. The van der Waals surface area contributed by atoms with E-state index >= 15 is 0 Å². The molecule has 0 aliphatic carbocycles. The molecule has 2 rings (SSSR count).